The molecule has 1 fully saturated rings. The third-order valence-electron chi connectivity index (χ3n) is 4.95. The summed E-state index contributed by atoms with van der Waals surface area (Å²) < 4.78 is 20.5. The van der Waals surface area contributed by atoms with Crippen molar-refractivity contribution in [3.05, 3.63) is 53.1 Å². The second-order valence-electron chi connectivity index (χ2n) is 7.05. The number of ether oxygens (including phenoxy) is 1. The van der Waals surface area contributed by atoms with E-state index in [1.807, 2.05) is 9.58 Å². The van der Waals surface area contributed by atoms with E-state index in [4.69, 9.17) is 9.84 Å². The molecule has 1 amide bonds. The van der Waals surface area contributed by atoms with Gasteiger partial charge in [0, 0.05) is 50.0 Å². The van der Waals surface area contributed by atoms with Crippen molar-refractivity contribution >= 4 is 5.91 Å². The van der Waals surface area contributed by atoms with Gasteiger partial charge in [-0.15, -0.1) is 0 Å². The zero-order valence-electron chi connectivity index (χ0n) is 14.3. The third kappa shape index (κ3) is 3.44. The fourth-order valence-electron chi connectivity index (χ4n) is 3.49. The normalized spacial score (nSPS) is 19.8. The maximum Gasteiger partial charge on any atom is 0.254 e. The van der Waals surface area contributed by atoms with Crippen molar-refractivity contribution in [1.82, 2.24) is 14.7 Å². The van der Waals surface area contributed by atoms with Gasteiger partial charge in [0.15, 0.2) is 0 Å². The van der Waals surface area contributed by atoms with Crippen LogP contribution in [-0.4, -0.2) is 40.8 Å². The summed E-state index contributed by atoms with van der Waals surface area (Å²) in [7, 11) is 1.67. The predicted molar refractivity (Wildman–Crippen MR) is 90.7 cm³/mol. The molecule has 0 saturated heterocycles. The molecule has 5 nitrogen and oxygen atoms in total. The number of hydrogen-bond acceptors (Lipinski definition) is 3. The number of carbonyl (C=O) groups excluding carboxylic acids is 1. The van der Waals surface area contributed by atoms with Crippen LogP contribution in [0.1, 0.15) is 40.4 Å². The van der Waals surface area contributed by atoms with Crippen LogP contribution in [0.25, 0.3) is 0 Å². The average Bonchev–Trinajstić information content (AvgIpc) is 3.32. The first-order chi connectivity index (χ1) is 12.1. The number of benzene rings is 1. The van der Waals surface area contributed by atoms with Crippen molar-refractivity contribution in [1.29, 1.82) is 0 Å². The first kappa shape index (κ1) is 16.3. The molecule has 4 rings (SSSR count). The lowest BCUT2D eigenvalue weighted by molar-refractivity contribution is 0.0678. The Labute approximate surface area is 146 Å². The lowest BCUT2D eigenvalue weighted by atomic mass is 9.96. The average molecular weight is 343 g/mol. The summed E-state index contributed by atoms with van der Waals surface area (Å²) in [4.78, 5) is 14.6. The molecule has 1 aliphatic carbocycles. The molecule has 2 aromatic rings. The number of hydrogen-bond donors (Lipinski definition) is 0. The predicted octanol–water partition coefficient (Wildman–Crippen LogP) is 2.82. The van der Waals surface area contributed by atoms with Crippen LogP contribution in [0.4, 0.5) is 4.39 Å². The summed E-state index contributed by atoms with van der Waals surface area (Å²) in [5, 5.41) is 4.76. The zero-order valence-corrected chi connectivity index (χ0v) is 14.3. The van der Waals surface area contributed by atoms with E-state index in [0.29, 0.717) is 25.3 Å². The topological polar surface area (TPSA) is 47.4 Å². The Balaban J connectivity index is 1.57. The Morgan fingerprint density at radius 3 is 2.76 bits per heavy atom. The van der Waals surface area contributed by atoms with Crippen LogP contribution in [-0.2, 0) is 17.8 Å². The van der Waals surface area contributed by atoms with Crippen molar-refractivity contribution in [2.75, 3.05) is 20.3 Å². The Morgan fingerprint density at radius 2 is 2.08 bits per heavy atom. The van der Waals surface area contributed by atoms with E-state index in [9.17, 15) is 9.18 Å². The van der Waals surface area contributed by atoms with Crippen molar-refractivity contribution in [2.45, 2.75) is 31.8 Å². The number of methoxy groups -OCH3 is 1. The summed E-state index contributed by atoms with van der Waals surface area (Å²) >= 11 is 0. The van der Waals surface area contributed by atoms with E-state index in [0.717, 1.165) is 23.7 Å². The van der Waals surface area contributed by atoms with Gasteiger partial charge in [0.05, 0.1) is 12.3 Å². The van der Waals surface area contributed by atoms with E-state index >= 15 is 0 Å². The molecule has 25 heavy (non-hydrogen) atoms. The van der Waals surface area contributed by atoms with Gasteiger partial charge in [0.2, 0.25) is 0 Å². The Kier molecular flexibility index (Phi) is 4.29. The van der Waals surface area contributed by atoms with Gasteiger partial charge in [-0.05, 0) is 43.0 Å². The number of aromatic nitrogens is 2. The van der Waals surface area contributed by atoms with Gasteiger partial charge in [0.1, 0.15) is 5.82 Å². The molecule has 132 valence electrons. The molecule has 6 heteroatoms. The van der Waals surface area contributed by atoms with Crippen LogP contribution in [0.2, 0.25) is 0 Å². The van der Waals surface area contributed by atoms with E-state index in [2.05, 4.69) is 6.20 Å². The number of fused-ring (bicyclic) bond motifs is 1. The monoisotopic (exact) mass is 343 g/mol. The minimum atomic E-state index is -0.337. The summed E-state index contributed by atoms with van der Waals surface area (Å²) in [6.45, 7) is 2.59. The van der Waals surface area contributed by atoms with Crippen LogP contribution < -0.4 is 0 Å². The van der Waals surface area contributed by atoms with Gasteiger partial charge < -0.3 is 9.64 Å². The second kappa shape index (κ2) is 6.59. The van der Waals surface area contributed by atoms with Gasteiger partial charge in [-0.25, -0.2) is 4.39 Å². The molecule has 0 radical (unpaired) electrons. The third-order valence-corrected chi connectivity index (χ3v) is 4.95. The molecule has 2 heterocycles. The van der Waals surface area contributed by atoms with Crippen molar-refractivity contribution in [2.24, 2.45) is 5.92 Å². The minimum Gasteiger partial charge on any atom is -0.384 e. The Hall–Kier alpha value is -2.21. The zero-order chi connectivity index (χ0) is 17.4. The molecule has 2 aliphatic rings. The highest BCUT2D eigenvalue weighted by molar-refractivity contribution is 5.94. The molecule has 0 unspecified atom stereocenters. The number of carbonyl (C=O) groups is 1. The number of nitrogens with zero attached hydrogens (tertiary/aromatic N) is 3. The molecule has 0 spiro atoms. The molecule has 1 aliphatic heterocycles. The summed E-state index contributed by atoms with van der Waals surface area (Å²) in [6.07, 6.45) is 4.63. The highest BCUT2D eigenvalue weighted by Gasteiger charge is 2.32. The van der Waals surface area contributed by atoms with Gasteiger partial charge in [0.25, 0.3) is 5.91 Å². The van der Waals surface area contributed by atoms with Crippen LogP contribution in [0.3, 0.4) is 0 Å². The first-order valence-corrected chi connectivity index (χ1v) is 8.74. The maximum atomic E-state index is 13.1. The van der Waals surface area contributed by atoms with E-state index in [1.54, 1.807) is 7.11 Å². The van der Waals surface area contributed by atoms with Crippen LogP contribution in [0, 0.1) is 11.7 Å². The van der Waals surface area contributed by atoms with Crippen LogP contribution in [0.15, 0.2) is 30.5 Å². The van der Waals surface area contributed by atoms with Gasteiger partial charge >= 0.3 is 0 Å². The van der Waals surface area contributed by atoms with Crippen LogP contribution >= 0.6 is 0 Å². The molecular weight excluding hydrogens is 321 g/mol. The fraction of sp³-hybridized carbons (Fsp3) is 0.474. The minimum absolute atomic E-state index is 0.0681. The van der Waals surface area contributed by atoms with E-state index < -0.39 is 0 Å². The second-order valence-corrected chi connectivity index (χ2v) is 7.05. The van der Waals surface area contributed by atoms with E-state index in [-0.39, 0.29) is 17.6 Å². The largest absolute Gasteiger partial charge is 0.384 e. The van der Waals surface area contributed by atoms with Crippen LogP contribution in [0.5, 0.6) is 0 Å². The summed E-state index contributed by atoms with van der Waals surface area (Å²) in [6, 6.07) is 5.72. The lowest BCUT2D eigenvalue weighted by Gasteiger charge is -2.31. The fourth-order valence-corrected chi connectivity index (χ4v) is 3.49. The quantitative estimate of drug-likeness (QED) is 0.839. The van der Waals surface area contributed by atoms with Crippen molar-refractivity contribution < 1.29 is 13.9 Å². The Morgan fingerprint density at radius 1 is 1.32 bits per heavy atom. The standard InChI is InChI=1S/C19H22FN3O2/c1-25-12-16-10-22(19(24)14-4-6-17(20)7-5-14)9-15-11-23(21-18(15)16)8-13-2-3-13/h4-7,11,13,16H,2-3,8-10,12H2,1H3/t16-/m1/s1. The maximum absolute atomic E-state index is 13.1. The van der Waals surface area contributed by atoms with Gasteiger partial charge in [-0.2, -0.15) is 5.10 Å². The molecule has 1 aromatic heterocycles. The molecule has 1 aromatic carbocycles. The molecule has 0 bridgehead atoms. The lowest BCUT2D eigenvalue weighted by Crippen LogP contribution is -2.39. The van der Waals surface area contributed by atoms with Gasteiger partial charge in [-0.1, -0.05) is 0 Å². The summed E-state index contributed by atoms with van der Waals surface area (Å²) in [5.74, 6) is 0.399. The van der Waals surface area contributed by atoms with Crippen molar-refractivity contribution in [3.63, 3.8) is 0 Å². The van der Waals surface area contributed by atoms with E-state index in [1.165, 1.54) is 37.1 Å². The molecule has 1 atom stereocenters. The smallest absolute Gasteiger partial charge is 0.254 e. The van der Waals surface area contributed by atoms with Gasteiger partial charge in [-0.3, -0.25) is 9.48 Å². The highest BCUT2D eigenvalue weighted by Crippen LogP contribution is 2.33. The molecule has 1 saturated carbocycles. The SMILES string of the molecule is COC[C@H]1CN(C(=O)c2ccc(F)cc2)Cc2cn(CC3CC3)nc21. The molecule has 0 N–H and O–H groups in total. The number of amides is 1. The van der Waals surface area contributed by atoms with Crippen molar-refractivity contribution in [3.8, 4) is 0 Å². The summed E-state index contributed by atoms with van der Waals surface area (Å²) in [5.41, 5.74) is 2.64. The Bertz CT molecular complexity index is 767. The number of rotatable bonds is 5. The number of halogens is 1. The molecular formula is C19H22FN3O2. The highest BCUT2D eigenvalue weighted by atomic mass is 19.1. The first-order valence-electron chi connectivity index (χ1n) is 8.74.